The second kappa shape index (κ2) is 8.15. The molecule has 5 nitrogen and oxygen atoms in total. The van der Waals surface area contributed by atoms with Crippen LogP contribution in [0.3, 0.4) is 0 Å². The summed E-state index contributed by atoms with van der Waals surface area (Å²) in [6.45, 7) is 1.34. The first-order chi connectivity index (χ1) is 12.3. The van der Waals surface area contributed by atoms with Crippen molar-refractivity contribution in [3.8, 4) is 11.5 Å². The molecule has 0 unspecified atom stereocenters. The second-order valence-electron chi connectivity index (χ2n) is 5.75. The molecule has 0 spiro atoms. The summed E-state index contributed by atoms with van der Waals surface area (Å²) in [6, 6.07) is 20.2. The van der Waals surface area contributed by atoms with E-state index < -0.39 is 0 Å². The SMILES string of the molecule is CN=C(NCc1coc(-c2ccccc2)n1)N(C)Cc1ccccc1. The fourth-order valence-electron chi connectivity index (χ4n) is 2.59. The summed E-state index contributed by atoms with van der Waals surface area (Å²) in [5.41, 5.74) is 3.05. The summed E-state index contributed by atoms with van der Waals surface area (Å²) >= 11 is 0. The van der Waals surface area contributed by atoms with E-state index in [1.54, 1.807) is 13.3 Å². The second-order valence-corrected chi connectivity index (χ2v) is 5.75. The van der Waals surface area contributed by atoms with Crippen molar-refractivity contribution in [1.29, 1.82) is 0 Å². The molecule has 0 aliphatic heterocycles. The number of oxazole rings is 1. The van der Waals surface area contributed by atoms with Gasteiger partial charge in [0.25, 0.3) is 0 Å². The fraction of sp³-hybridized carbons (Fsp3) is 0.200. The van der Waals surface area contributed by atoms with E-state index >= 15 is 0 Å². The van der Waals surface area contributed by atoms with Gasteiger partial charge >= 0.3 is 0 Å². The van der Waals surface area contributed by atoms with Crippen LogP contribution in [-0.2, 0) is 13.1 Å². The Labute approximate surface area is 148 Å². The van der Waals surface area contributed by atoms with Crippen LogP contribution in [0.5, 0.6) is 0 Å². The van der Waals surface area contributed by atoms with Crippen molar-refractivity contribution in [2.45, 2.75) is 13.1 Å². The van der Waals surface area contributed by atoms with Crippen molar-refractivity contribution in [3.05, 3.63) is 78.2 Å². The summed E-state index contributed by atoms with van der Waals surface area (Å²) in [6.07, 6.45) is 1.68. The average molecular weight is 334 g/mol. The molecule has 2 aromatic carbocycles. The lowest BCUT2D eigenvalue weighted by Gasteiger charge is -2.21. The van der Waals surface area contributed by atoms with Gasteiger partial charge in [0.15, 0.2) is 5.96 Å². The molecule has 128 valence electrons. The lowest BCUT2D eigenvalue weighted by atomic mass is 10.2. The van der Waals surface area contributed by atoms with Gasteiger partial charge in [-0.25, -0.2) is 4.98 Å². The number of aliphatic imine (C=N–C) groups is 1. The molecular weight excluding hydrogens is 312 g/mol. The quantitative estimate of drug-likeness (QED) is 0.573. The standard InChI is InChI=1S/C20H22N4O/c1-21-20(24(2)14-16-9-5-3-6-10-16)22-13-18-15-25-19(23-18)17-11-7-4-8-12-17/h3-12,15H,13-14H2,1-2H3,(H,21,22). The van der Waals surface area contributed by atoms with Gasteiger partial charge in [0, 0.05) is 26.2 Å². The maximum absolute atomic E-state index is 5.57. The molecule has 0 aliphatic carbocycles. The molecule has 1 N–H and O–H groups in total. The molecular formula is C20H22N4O. The Balaban J connectivity index is 1.59. The predicted molar refractivity (Wildman–Crippen MR) is 100 cm³/mol. The van der Waals surface area contributed by atoms with Gasteiger partial charge in [-0.05, 0) is 17.7 Å². The summed E-state index contributed by atoms with van der Waals surface area (Å²) in [5.74, 6) is 1.44. The van der Waals surface area contributed by atoms with Gasteiger partial charge in [0.05, 0.1) is 12.2 Å². The maximum atomic E-state index is 5.57. The van der Waals surface area contributed by atoms with Crippen molar-refractivity contribution in [2.24, 2.45) is 4.99 Å². The minimum Gasteiger partial charge on any atom is -0.444 e. The smallest absolute Gasteiger partial charge is 0.226 e. The van der Waals surface area contributed by atoms with Gasteiger partial charge in [-0.15, -0.1) is 0 Å². The zero-order valence-electron chi connectivity index (χ0n) is 14.5. The number of hydrogen-bond donors (Lipinski definition) is 1. The largest absolute Gasteiger partial charge is 0.444 e. The van der Waals surface area contributed by atoms with E-state index in [2.05, 4.69) is 32.3 Å². The van der Waals surface area contributed by atoms with E-state index in [-0.39, 0.29) is 0 Å². The molecule has 0 bridgehead atoms. The zero-order chi connectivity index (χ0) is 17.5. The number of benzene rings is 2. The monoisotopic (exact) mass is 334 g/mol. The van der Waals surface area contributed by atoms with Gasteiger partial charge in [-0.3, -0.25) is 4.99 Å². The highest BCUT2D eigenvalue weighted by molar-refractivity contribution is 5.79. The first-order valence-electron chi connectivity index (χ1n) is 8.22. The van der Waals surface area contributed by atoms with Crippen LogP contribution in [0, 0.1) is 0 Å². The van der Waals surface area contributed by atoms with Gasteiger partial charge in [0.2, 0.25) is 5.89 Å². The van der Waals surface area contributed by atoms with Crippen molar-refractivity contribution >= 4 is 5.96 Å². The Morgan fingerprint density at radius 2 is 1.76 bits per heavy atom. The lowest BCUT2D eigenvalue weighted by molar-refractivity contribution is 0.476. The number of hydrogen-bond acceptors (Lipinski definition) is 3. The van der Waals surface area contributed by atoms with Gasteiger partial charge in [-0.1, -0.05) is 48.5 Å². The lowest BCUT2D eigenvalue weighted by Crippen LogP contribution is -2.38. The molecule has 0 aliphatic rings. The minimum absolute atomic E-state index is 0.558. The van der Waals surface area contributed by atoms with Crippen molar-refractivity contribution in [2.75, 3.05) is 14.1 Å². The Hall–Kier alpha value is -3.08. The van der Waals surface area contributed by atoms with Crippen LogP contribution in [-0.4, -0.2) is 29.9 Å². The summed E-state index contributed by atoms with van der Waals surface area (Å²) < 4.78 is 5.57. The molecule has 1 aromatic heterocycles. The van der Waals surface area contributed by atoms with Crippen LogP contribution >= 0.6 is 0 Å². The van der Waals surface area contributed by atoms with E-state index in [4.69, 9.17) is 4.42 Å². The van der Waals surface area contributed by atoms with Gasteiger partial charge in [0.1, 0.15) is 6.26 Å². The Kier molecular flexibility index (Phi) is 5.46. The number of aromatic nitrogens is 1. The van der Waals surface area contributed by atoms with Crippen LogP contribution in [0.2, 0.25) is 0 Å². The van der Waals surface area contributed by atoms with Crippen molar-refractivity contribution < 1.29 is 4.42 Å². The summed E-state index contributed by atoms with van der Waals surface area (Å²) in [5, 5.41) is 3.32. The van der Waals surface area contributed by atoms with Crippen LogP contribution in [0.15, 0.2) is 76.3 Å². The Morgan fingerprint density at radius 3 is 2.44 bits per heavy atom. The highest BCUT2D eigenvalue weighted by Crippen LogP contribution is 2.17. The van der Waals surface area contributed by atoms with E-state index in [0.29, 0.717) is 12.4 Å². The number of guanidine groups is 1. The van der Waals surface area contributed by atoms with Crippen LogP contribution in [0.4, 0.5) is 0 Å². The van der Waals surface area contributed by atoms with Gasteiger partial charge < -0.3 is 14.6 Å². The molecule has 0 atom stereocenters. The topological polar surface area (TPSA) is 53.7 Å². The third-order valence-corrected chi connectivity index (χ3v) is 3.84. The zero-order valence-corrected chi connectivity index (χ0v) is 14.5. The van der Waals surface area contributed by atoms with E-state index in [1.165, 1.54) is 5.56 Å². The van der Waals surface area contributed by atoms with Gasteiger partial charge in [-0.2, -0.15) is 0 Å². The van der Waals surface area contributed by atoms with E-state index in [9.17, 15) is 0 Å². The molecule has 3 aromatic rings. The average Bonchev–Trinajstić information content (AvgIpc) is 3.13. The Bertz CT molecular complexity index is 812. The maximum Gasteiger partial charge on any atom is 0.226 e. The minimum atomic E-state index is 0.558. The first kappa shape index (κ1) is 16.8. The third-order valence-electron chi connectivity index (χ3n) is 3.84. The molecule has 0 amide bonds. The summed E-state index contributed by atoms with van der Waals surface area (Å²) in [4.78, 5) is 10.9. The molecule has 0 radical (unpaired) electrons. The number of nitrogens with zero attached hydrogens (tertiary/aromatic N) is 3. The van der Waals surface area contributed by atoms with Crippen LogP contribution < -0.4 is 5.32 Å². The Morgan fingerprint density at radius 1 is 1.08 bits per heavy atom. The predicted octanol–water partition coefficient (Wildman–Crippen LogP) is 3.55. The summed E-state index contributed by atoms with van der Waals surface area (Å²) in [7, 11) is 3.79. The third kappa shape index (κ3) is 4.47. The fourth-order valence-corrected chi connectivity index (χ4v) is 2.59. The highest BCUT2D eigenvalue weighted by Gasteiger charge is 2.09. The molecule has 0 saturated carbocycles. The molecule has 0 fully saturated rings. The molecule has 3 rings (SSSR count). The number of rotatable bonds is 5. The molecule has 0 saturated heterocycles. The van der Waals surface area contributed by atoms with Crippen LogP contribution in [0.25, 0.3) is 11.5 Å². The van der Waals surface area contributed by atoms with E-state index in [1.807, 2.05) is 55.6 Å². The van der Waals surface area contributed by atoms with E-state index in [0.717, 1.165) is 23.8 Å². The normalized spacial score (nSPS) is 11.4. The molecule has 5 heteroatoms. The molecule has 1 heterocycles. The molecule has 25 heavy (non-hydrogen) atoms. The van der Waals surface area contributed by atoms with Crippen LogP contribution in [0.1, 0.15) is 11.3 Å². The van der Waals surface area contributed by atoms with Crippen molar-refractivity contribution in [1.82, 2.24) is 15.2 Å². The van der Waals surface area contributed by atoms with Crippen molar-refractivity contribution in [3.63, 3.8) is 0 Å². The number of nitrogens with one attached hydrogen (secondary N) is 1. The highest BCUT2D eigenvalue weighted by atomic mass is 16.3. The first-order valence-corrected chi connectivity index (χ1v) is 8.22.